The standard InChI is InChI=1S/C19H16ClN3O4/c1-11-4-6-14(10-16(11)20)22-19(24)15(12(2)21-22)8-13-5-7-18(27-3)17(9-13)23(25)26/h4-10H,1-3H3/b15-8+. The molecule has 0 N–H and O–H groups in total. The van der Waals surface area contributed by atoms with Crippen molar-refractivity contribution in [1.82, 2.24) is 0 Å². The zero-order valence-corrected chi connectivity index (χ0v) is 15.6. The Morgan fingerprint density at radius 3 is 2.59 bits per heavy atom. The Labute approximate surface area is 160 Å². The second-order valence-electron chi connectivity index (χ2n) is 5.98. The second-order valence-corrected chi connectivity index (χ2v) is 6.39. The van der Waals surface area contributed by atoms with Crippen LogP contribution in [0.15, 0.2) is 47.1 Å². The predicted octanol–water partition coefficient (Wildman–Crippen LogP) is 4.37. The maximum absolute atomic E-state index is 12.8. The molecule has 2 aromatic carbocycles. The van der Waals surface area contributed by atoms with E-state index < -0.39 is 4.92 Å². The molecule has 0 aromatic heterocycles. The van der Waals surface area contributed by atoms with Gasteiger partial charge in [0.25, 0.3) is 5.91 Å². The summed E-state index contributed by atoms with van der Waals surface area (Å²) in [4.78, 5) is 23.5. The predicted molar refractivity (Wildman–Crippen MR) is 104 cm³/mol. The average Bonchev–Trinajstić information content (AvgIpc) is 2.92. The number of hydrazone groups is 1. The summed E-state index contributed by atoms with van der Waals surface area (Å²) in [6, 6.07) is 9.74. The minimum atomic E-state index is -0.529. The van der Waals surface area contributed by atoms with Gasteiger partial charge in [-0.05, 0) is 49.2 Å². The number of halogens is 1. The first-order chi connectivity index (χ1) is 12.8. The van der Waals surface area contributed by atoms with Crippen molar-refractivity contribution in [3.63, 3.8) is 0 Å². The second kappa shape index (κ2) is 7.20. The molecule has 27 heavy (non-hydrogen) atoms. The molecular formula is C19H16ClN3O4. The van der Waals surface area contributed by atoms with E-state index in [9.17, 15) is 14.9 Å². The van der Waals surface area contributed by atoms with Crippen LogP contribution in [0, 0.1) is 17.0 Å². The lowest BCUT2D eigenvalue weighted by Crippen LogP contribution is -2.21. The number of carbonyl (C=O) groups is 1. The smallest absolute Gasteiger partial charge is 0.311 e. The largest absolute Gasteiger partial charge is 0.490 e. The Kier molecular flexibility index (Phi) is 4.96. The average molecular weight is 386 g/mol. The summed E-state index contributed by atoms with van der Waals surface area (Å²) in [6.45, 7) is 3.58. The van der Waals surface area contributed by atoms with Crippen LogP contribution in [0.3, 0.4) is 0 Å². The molecule has 3 rings (SSSR count). The monoisotopic (exact) mass is 385 g/mol. The summed E-state index contributed by atoms with van der Waals surface area (Å²) < 4.78 is 5.00. The van der Waals surface area contributed by atoms with E-state index in [4.69, 9.17) is 16.3 Å². The third-order valence-electron chi connectivity index (χ3n) is 4.17. The van der Waals surface area contributed by atoms with E-state index in [2.05, 4.69) is 5.10 Å². The Morgan fingerprint density at radius 1 is 1.22 bits per heavy atom. The van der Waals surface area contributed by atoms with Gasteiger partial charge < -0.3 is 4.74 Å². The van der Waals surface area contributed by atoms with Gasteiger partial charge in [-0.2, -0.15) is 10.1 Å². The van der Waals surface area contributed by atoms with Gasteiger partial charge in [-0.25, -0.2) is 0 Å². The van der Waals surface area contributed by atoms with Crippen molar-refractivity contribution in [2.75, 3.05) is 12.1 Å². The molecule has 0 saturated heterocycles. The molecule has 0 spiro atoms. The molecular weight excluding hydrogens is 370 g/mol. The third kappa shape index (κ3) is 3.54. The lowest BCUT2D eigenvalue weighted by Gasteiger charge is -2.12. The Balaban J connectivity index is 1.97. The molecule has 8 heteroatoms. The lowest BCUT2D eigenvalue weighted by atomic mass is 10.1. The highest BCUT2D eigenvalue weighted by molar-refractivity contribution is 6.33. The number of rotatable bonds is 4. The van der Waals surface area contributed by atoms with Crippen LogP contribution in [-0.2, 0) is 4.79 Å². The lowest BCUT2D eigenvalue weighted by molar-refractivity contribution is -0.385. The fourth-order valence-corrected chi connectivity index (χ4v) is 2.85. The number of methoxy groups -OCH3 is 1. The molecule has 0 radical (unpaired) electrons. The first kappa shape index (κ1) is 18.6. The molecule has 0 saturated carbocycles. The van der Waals surface area contributed by atoms with E-state index in [-0.39, 0.29) is 17.3 Å². The van der Waals surface area contributed by atoms with E-state index in [1.54, 1.807) is 31.2 Å². The van der Waals surface area contributed by atoms with Crippen LogP contribution in [-0.4, -0.2) is 23.7 Å². The summed E-state index contributed by atoms with van der Waals surface area (Å²) in [5, 5.41) is 17.3. The molecule has 0 aliphatic carbocycles. The highest BCUT2D eigenvalue weighted by Crippen LogP contribution is 2.31. The first-order valence-corrected chi connectivity index (χ1v) is 8.40. The molecule has 0 unspecified atom stereocenters. The Hall–Kier alpha value is -3.19. The zero-order chi connectivity index (χ0) is 19.7. The number of carbonyl (C=O) groups excluding carboxylic acids is 1. The number of anilines is 1. The molecule has 0 atom stereocenters. The van der Waals surface area contributed by atoms with Crippen molar-refractivity contribution in [2.45, 2.75) is 13.8 Å². The Bertz CT molecular complexity index is 1010. The van der Waals surface area contributed by atoms with Crippen molar-refractivity contribution in [3.05, 3.63) is 68.2 Å². The number of nitro groups is 1. The van der Waals surface area contributed by atoms with Gasteiger partial charge in [0.1, 0.15) is 0 Å². The first-order valence-electron chi connectivity index (χ1n) is 8.02. The summed E-state index contributed by atoms with van der Waals surface area (Å²) in [7, 11) is 1.36. The fourth-order valence-electron chi connectivity index (χ4n) is 2.68. The summed E-state index contributed by atoms with van der Waals surface area (Å²) in [6.07, 6.45) is 1.57. The van der Waals surface area contributed by atoms with E-state index in [1.165, 1.54) is 24.3 Å². The van der Waals surface area contributed by atoms with Crippen LogP contribution in [0.5, 0.6) is 5.75 Å². The minimum Gasteiger partial charge on any atom is -0.490 e. The van der Waals surface area contributed by atoms with Crippen molar-refractivity contribution in [3.8, 4) is 5.75 Å². The van der Waals surface area contributed by atoms with Crippen LogP contribution in [0.2, 0.25) is 5.02 Å². The van der Waals surface area contributed by atoms with Crippen LogP contribution < -0.4 is 9.75 Å². The summed E-state index contributed by atoms with van der Waals surface area (Å²) in [5.41, 5.74) is 2.65. The summed E-state index contributed by atoms with van der Waals surface area (Å²) in [5.74, 6) is -0.174. The van der Waals surface area contributed by atoms with E-state index in [0.29, 0.717) is 27.6 Å². The Morgan fingerprint density at radius 2 is 1.96 bits per heavy atom. The van der Waals surface area contributed by atoms with Crippen LogP contribution >= 0.6 is 11.6 Å². The SMILES string of the molecule is COc1ccc(/C=C2/C(=O)N(c3ccc(C)c(Cl)c3)N=C2C)cc1[N+](=O)[O-]. The molecule has 1 heterocycles. The number of nitro benzene ring substituents is 1. The summed E-state index contributed by atoms with van der Waals surface area (Å²) >= 11 is 6.14. The highest BCUT2D eigenvalue weighted by Gasteiger charge is 2.29. The van der Waals surface area contributed by atoms with Crippen molar-refractivity contribution in [1.29, 1.82) is 0 Å². The number of hydrogen-bond acceptors (Lipinski definition) is 5. The molecule has 138 valence electrons. The highest BCUT2D eigenvalue weighted by atomic mass is 35.5. The third-order valence-corrected chi connectivity index (χ3v) is 4.58. The molecule has 0 bridgehead atoms. The fraction of sp³-hybridized carbons (Fsp3) is 0.158. The van der Waals surface area contributed by atoms with Gasteiger partial charge in [-0.3, -0.25) is 14.9 Å². The van der Waals surface area contributed by atoms with E-state index in [1.807, 2.05) is 13.0 Å². The number of benzene rings is 2. The number of aryl methyl sites for hydroxylation is 1. The molecule has 0 fully saturated rings. The maximum Gasteiger partial charge on any atom is 0.311 e. The number of ether oxygens (including phenoxy) is 1. The molecule has 1 aliphatic rings. The van der Waals surface area contributed by atoms with Crippen LogP contribution in [0.1, 0.15) is 18.1 Å². The molecule has 1 aliphatic heterocycles. The van der Waals surface area contributed by atoms with Crippen molar-refractivity contribution >= 4 is 40.7 Å². The normalized spacial score (nSPS) is 15.3. The number of hydrogen-bond donors (Lipinski definition) is 0. The van der Waals surface area contributed by atoms with Gasteiger partial charge in [0.05, 0.1) is 29.0 Å². The van der Waals surface area contributed by atoms with Gasteiger partial charge in [-0.1, -0.05) is 23.7 Å². The van der Waals surface area contributed by atoms with Gasteiger partial charge in [0.15, 0.2) is 5.75 Å². The minimum absolute atomic E-state index is 0.154. The topological polar surface area (TPSA) is 85.0 Å². The molecule has 2 aromatic rings. The number of amides is 1. The van der Waals surface area contributed by atoms with E-state index >= 15 is 0 Å². The van der Waals surface area contributed by atoms with Crippen LogP contribution in [0.25, 0.3) is 6.08 Å². The van der Waals surface area contributed by atoms with Crippen molar-refractivity contribution < 1.29 is 14.5 Å². The van der Waals surface area contributed by atoms with Gasteiger partial charge in [0, 0.05) is 11.1 Å². The quantitative estimate of drug-likeness (QED) is 0.444. The van der Waals surface area contributed by atoms with Gasteiger partial charge in [0.2, 0.25) is 0 Å². The van der Waals surface area contributed by atoms with Gasteiger partial charge >= 0.3 is 5.69 Å². The van der Waals surface area contributed by atoms with E-state index in [0.717, 1.165) is 5.56 Å². The maximum atomic E-state index is 12.8. The number of nitrogens with zero attached hydrogens (tertiary/aromatic N) is 3. The van der Waals surface area contributed by atoms with Crippen molar-refractivity contribution in [2.24, 2.45) is 5.10 Å². The zero-order valence-electron chi connectivity index (χ0n) is 14.9. The molecule has 7 nitrogen and oxygen atoms in total. The molecule has 1 amide bonds. The van der Waals surface area contributed by atoms with Gasteiger partial charge in [-0.15, -0.1) is 0 Å². The van der Waals surface area contributed by atoms with Crippen LogP contribution in [0.4, 0.5) is 11.4 Å².